The highest BCUT2D eigenvalue weighted by Crippen LogP contribution is 2.23. The Bertz CT molecular complexity index is 588. The third kappa shape index (κ3) is 3.71. The van der Waals surface area contributed by atoms with Crippen LogP contribution in [0.25, 0.3) is 0 Å². The van der Waals surface area contributed by atoms with Crippen molar-refractivity contribution in [2.75, 3.05) is 7.11 Å². The maximum Gasteiger partial charge on any atom is 0.337 e. The van der Waals surface area contributed by atoms with Gasteiger partial charge in [0.2, 0.25) is 0 Å². The number of esters is 1. The van der Waals surface area contributed by atoms with Gasteiger partial charge in [-0.25, -0.2) is 4.79 Å². The smallest absolute Gasteiger partial charge is 0.337 e. The maximum absolute atomic E-state index is 11.3. The molecule has 2 aromatic carbocycles. The Kier molecular flexibility index (Phi) is 4.96. The number of carbonyl (C=O) groups excluding carboxylic acids is 2. The van der Waals surface area contributed by atoms with Crippen LogP contribution in [0.5, 0.6) is 0 Å². The fraction of sp³-hybridized carbons (Fsp3) is 0.125. The van der Waals surface area contributed by atoms with Crippen molar-refractivity contribution >= 4 is 24.0 Å². The molecule has 102 valence electrons. The van der Waals surface area contributed by atoms with Crippen LogP contribution in [0, 0.1) is 0 Å². The van der Waals surface area contributed by atoms with Crippen LogP contribution in [0.1, 0.15) is 26.3 Å². The summed E-state index contributed by atoms with van der Waals surface area (Å²) in [6.07, 6.45) is 0.833. The lowest BCUT2D eigenvalue weighted by Crippen LogP contribution is -2.00. The second kappa shape index (κ2) is 6.91. The van der Waals surface area contributed by atoms with Crippen LogP contribution in [0.2, 0.25) is 0 Å². The van der Waals surface area contributed by atoms with E-state index in [1.807, 2.05) is 24.3 Å². The van der Waals surface area contributed by atoms with Crippen LogP contribution < -0.4 is 0 Å². The number of methoxy groups -OCH3 is 1. The van der Waals surface area contributed by atoms with E-state index in [1.165, 1.54) is 7.11 Å². The molecule has 0 aliphatic carbocycles. The van der Waals surface area contributed by atoms with Gasteiger partial charge in [0.1, 0.15) is 6.29 Å². The monoisotopic (exact) mass is 286 g/mol. The molecular formula is C16H14O3S. The molecule has 0 radical (unpaired) electrons. The van der Waals surface area contributed by atoms with Crippen LogP contribution in [-0.2, 0) is 10.5 Å². The normalized spacial score (nSPS) is 10.1. The van der Waals surface area contributed by atoms with E-state index < -0.39 is 0 Å². The quantitative estimate of drug-likeness (QED) is 0.479. The van der Waals surface area contributed by atoms with E-state index in [4.69, 9.17) is 0 Å². The van der Waals surface area contributed by atoms with Gasteiger partial charge in [0, 0.05) is 16.2 Å². The average Bonchev–Trinajstić information content (AvgIpc) is 2.53. The molecule has 0 unspecified atom stereocenters. The predicted octanol–water partition coefficient (Wildman–Crippen LogP) is 3.58. The lowest BCUT2D eigenvalue weighted by molar-refractivity contribution is 0.0600. The van der Waals surface area contributed by atoms with Crippen LogP contribution in [0.15, 0.2) is 53.4 Å². The fourth-order valence-electron chi connectivity index (χ4n) is 1.66. The van der Waals surface area contributed by atoms with Crippen LogP contribution >= 0.6 is 11.8 Å². The second-order valence-electron chi connectivity index (χ2n) is 4.16. The SMILES string of the molecule is COC(=O)c1ccc(CSc2ccc(C=O)cc2)cc1. The summed E-state index contributed by atoms with van der Waals surface area (Å²) in [7, 11) is 1.37. The Morgan fingerprint density at radius 3 is 2.30 bits per heavy atom. The van der Waals surface area contributed by atoms with E-state index in [1.54, 1.807) is 36.0 Å². The van der Waals surface area contributed by atoms with Crippen molar-refractivity contribution in [2.45, 2.75) is 10.6 Å². The molecule has 2 rings (SSSR count). The number of benzene rings is 2. The maximum atomic E-state index is 11.3. The van der Waals surface area contributed by atoms with Crippen molar-refractivity contribution in [3.63, 3.8) is 0 Å². The first kappa shape index (κ1) is 14.3. The number of carbonyl (C=O) groups is 2. The van der Waals surface area contributed by atoms with Gasteiger partial charge in [-0.2, -0.15) is 0 Å². The standard InChI is InChI=1S/C16H14O3S/c1-19-16(18)14-6-2-13(3-7-14)11-20-15-8-4-12(10-17)5-9-15/h2-10H,11H2,1H3. The van der Waals surface area contributed by atoms with E-state index in [2.05, 4.69) is 4.74 Å². The molecular weight excluding hydrogens is 272 g/mol. The number of ether oxygens (including phenoxy) is 1. The molecule has 0 amide bonds. The summed E-state index contributed by atoms with van der Waals surface area (Å²) in [5.74, 6) is 0.482. The lowest BCUT2D eigenvalue weighted by Gasteiger charge is -2.04. The number of aldehydes is 1. The zero-order valence-electron chi connectivity index (χ0n) is 11.0. The van der Waals surface area contributed by atoms with Gasteiger partial charge in [-0.15, -0.1) is 11.8 Å². The highest BCUT2D eigenvalue weighted by atomic mass is 32.2. The first-order chi connectivity index (χ1) is 9.72. The summed E-state index contributed by atoms with van der Waals surface area (Å²) in [4.78, 5) is 23.0. The number of rotatable bonds is 5. The minimum atomic E-state index is -0.325. The molecule has 0 heterocycles. The van der Waals surface area contributed by atoms with E-state index >= 15 is 0 Å². The lowest BCUT2D eigenvalue weighted by atomic mass is 10.1. The van der Waals surface area contributed by atoms with Gasteiger partial charge in [0.05, 0.1) is 12.7 Å². The van der Waals surface area contributed by atoms with Crippen LogP contribution in [-0.4, -0.2) is 19.4 Å². The molecule has 0 saturated carbocycles. The van der Waals surface area contributed by atoms with E-state index in [9.17, 15) is 9.59 Å². The van der Waals surface area contributed by atoms with Crippen molar-refractivity contribution in [3.05, 3.63) is 65.2 Å². The van der Waals surface area contributed by atoms with Gasteiger partial charge in [-0.3, -0.25) is 4.79 Å². The van der Waals surface area contributed by atoms with E-state index in [-0.39, 0.29) is 5.97 Å². The average molecular weight is 286 g/mol. The first-order valence-electron chi connectivity index (χ1n) is 6.08. The molecule has 0 bridgehead atoms. The molecule has 0 N–H and O–H groups in total. The number of thioether (sulfide) groups is 1. The Morgan fingerprint density at radius 1 is 1.10 bits per heavy atom. The molecule has 4 heteroatoms. The molecule has 3 nitrogen and oxygen atoms in total. The van der Waals surface area contributed by atoms with Crippen LogP contribution in [0.3, 0.4) is 0 Å². The Morgan fingerprint density at radius 2 is 1.75 bits per heavy atom. The third-order valence-corrected chi connectivity index (χ3v) is 3.88. The molecule has 0 atom stereocenters. The van der Waals surface area contributed by atoms with Crippen molar-refractivity contribution < 1.29 is 14.3 Å². The largest absolute Gasteiger partial charge is 0.465 e. The number of hydrogen-bond donors (Lipinski definition) is 0. The van der Waals surface area contributed by atoms with Crippen molar-refractivity contribution in [1.29, 1.82) is 0 Å². The number of hydrogen-bond acceptors (Lipinski definition) is 4. The van der Waals surface area contributed by atoms with Crippen molar-refractivity contribution in [1.82, 2.24) is 0 Å². The van der Waals surface area contributed by atoms with Gasteiger partial charge < -0.3 is 4.74 Å². The zero-order valence-corrected chi connectivity index (χ0v) is 11.9. The summed E-state index contributed by atoms with van der Waals surface area (Å²) < 4.78 is 4.65. The van der Waals surface area contributed by atoms with E-state index in [0.717, 1.165) is 22.5 Å². The van der Waals surface area contributed by atoms with Crippen molar-refractivity contribution in [3.8, 4) is 0 Å². The van der Waals surface area contributed by atoms with Crippen molar-refractivity contribution in [2.24, 2.45) is 0 Å². The summed E-state index contributed by atoms with van der Waals surface area (Å²) in [5, 5.41) is 0. The van der Waals surface area contributed by atoms with Gasteiger partial charge in [0.15, 0.2) is 0 Å². The molecule has 0 spiro atoms. The van der Waals surface area contributed by atoms with E-state index in [0.29, 0.717) is 11.1 Å². The molecule has 0 aliphatic rings. The third-order valence-electron chi connectivity index (χ3n) is 2.80. The summed E-state index contributed by atoms with van der Waals surface area (Å²) in [6.45, 7) is 0. The summed E-state index contributed by atoms with van der Waals surface area (Å²) in [5.41, 5.74) is 2.36. The summed E-state index contributed by atoms with van der Waals surface area (Å²) >= 11 is 1.68. The Balaban J connectivity index is 1.96. The molecule has 20 heavy (non-hydrogen) atoms. The first-order valence-corrected chi connectivity index (χ1v) is 7.07. The van der Waals surface area contributed by atoms with Gasteiger partial charge in [-0.1, -0.05) is 24.3 Å². The molecule has 0 saturated heterocycles. The fourth-order valence-corrected chi connectivity index (χ4v) is 2.52. The highest BCUT2D eigenvalue weighted by molar-refractivity contribution is 7.98. The predicted molar refractivity (Wildman–Crippen MR) is 79.2 cm³/mol. The Hall–Kier alpha value is -2.07. The van der Waals surface area contributed by atoms with Gasteiger partial charge in [-0.05, 0) is 29.8 Å². The molecule has 0 fully saturated rings. The minimum Gasteiger partial charge on any atom is -0.465 e. The minimum absolute atomic E-state index is 0.325. The highest BCUT2D eigenvalue weighted by Gasteiger charge is 2.04. The summed E-state index contributed by atoms with van der Waals surface area (Å²) in [6, 6.07) is 14.8. The Labute approximate surface area is 122 Å². The topological polar surface area (TPSA) is 43.4 Å². The zero-order chi connectivity index (χ0) is 14.4. The van der Waals surface area contributed by atoms with Gasteiger partial charge >= 0.3 is 5.97 Å². The van der Waals surface area contributed by atoms with Gasteiger partial charge in [0.25, 0.3) is 0 Å². The molecule has 0 aliphatic heterocycles. The molecule has 0 aromatic heterocycles. The molecule has 2 aromatic rings. The second-order valence-corrected chi connectivity index (χ2v) is 5.21. The van der Waals surface area contributed by atoms with Crippen LogP contribution in [0.4, 0.5) is 0 Å².